The highest BCUT2D eigenvalue weighted by molar-refractivity contribution is 6.13. The minimum Gasteiger partial charge on any atom is -0.361 e. The fraction of sp³-hybridized carbons (Fsp3) is 0.259. The van der Waals surface area contributed by atoms with E-state index < -0.39 is 0 Å². The van der Waals surface area contributed by atoms with E-state index in [1.165, 1.54) is 5.56 Å². The molecule has 0 bridgehead atoms. The van der Waals surface area contributed by atoms with Crippen molar-refractivity contribution in [3.63, 3.8) is 0 Å². The van der Waals surface area contributed by atoms with E-state index in [0.717, 1.165) is 37.0 Å². The van der Waals surface area contributed by atoms with Gasteiger partial charge in [0.25, 0.3) is 0 Å². The number of fused-ring (bicyclic) bond motifs is 1. The predicted molar refractivity (Wildman–Crippen MR) is 135 cm³/mol. The lowest BCUT2D eigenvalue weighted by molar-refractivity contribution is -0.131. The number of hydrogen-bond donors (Lipinski definition) is 2. The van der Waals surface area contributed by atoms with Crippen LogP contribution in [-0.4, -0.2) is 75.7 Å². The first-order chi connectivity index (χ1) is 17.2. The van der Waals surface area contributed by atoms with Crippen molar-refractivity contribution >= 4 is 28.4 Å². The Morgan fingerprint density at radius 2 is 1.80 bits per heavy atom. The van der Waals surface area contributed by atoms with Gasteiger partial charge in [-0.2, -0.15) is 0 Å². The molecule has 1 fully saturated rings. The second-order valence-corrected chi connectivity index (χ2v) is 8.69. The molecule has 178 valence electrons. The topological polar surface area (TPSA) is 94.2 Å². The molecule has 0 unspecified atom stereocenters. The summed E-state index contributed by atoms with van der Waals surface area (Å²) in [7, 11) is 0. The highest BCUT2D eigenvalue weighted by Gasteiger charge is 2.22. The van der Waals surface area contributed by atoms with Crippen molar-refractivity contribution in [1.82, 2.24) is 24.8 Å². The van der Waals surface area contributed by atoms with E-state index in [0.29, 0.717) is 30.0 Å². The van der Waals surface area contributed by atoms with Crippen LogP contribution in [0.1, 0.15) is 21.5 Å². The maximum Gasteiger partial charge on any atom is 0.242 e. The summed E-state index contributed by atoms with van der Waals surface area (Å²) in [6, 6.07) is 15.1. The van der Waals surface area contributed by atoms with Gasteiger partial charge >= 0.3 is 0 Å². The molecular weight excluding hydrogens is 440 g/mol. The van der Waals surface area contributed by atoms with Gasteiger partial charge in [0.15, 0.2) is 5.78 Å². The number of hydrogen-bond acceptors (Lipinski definition) is 6. The van der Waals surface area contributed by atoms with Crippen LogP contribution in [-0.2, 0) is 11.2 Å². The quantitative estimate of drug-likeness (QED) is 0.386. The maximum atomic E-state index is 13.2. The second kappa shape index (κ2) is 10.5. The first-order valence-corrected chi connectivity index (χ1v) is 11.9. The maximum absolute atomic E-state index is 13.2. The molecule has 35 heavy (non-hydrogen) atoms. The third kappa shape index (κ3) is 5.38. The average molecular weight is 469 g/mol. The summed E-state index contributed by atoms with van der Waals surface area (Å²) in [5.41, 5.74) is 3.21. The largest absolute Gasteiger partial charge is 0.361 e. The van der Waals surface area contributed by atoms with E-state index in [-0.39, 0.29) is 18.2 Å². The van der Waals surface area contributed by atoms with Crippen molar-refractivity contribution in [2.75, 3.05) is 44.6 Å². The van der Waals surface area contributed by atoms with Gasteiger partial charge in [0.05, 0.1) is 12.1 Å². The SMILES string of the molecule is O=C(c1ccc2cc[nH]c2c1)c1cccnc1NCC(=O)N1CCN(CCc2ccncc2)CC1. The summed E-state index contributed by atoms with van der Waals surface area (Å²) in [6.45, 7) is 4.17. The molecule has 2 N–H and O–H groups in total. The molecule has 8 nitrogen and oxygen atoms in total. The van der Waals surface area contributed by atoms with Crippen LogP contribution < -0.4 is 5.32 Å². The predicted octanol–water partition coefficient (Wildman–Crippen LogP) is 2.99. The van der Waals surface area contributed by atoms with Gasteiger partial charge in [-0.3, -0.25) is 19.5 Å². The molecule has 1 aromatic carbocycles. The van der Waals surface area contributed by atoms with Crippen molar-refractivity contribution in [3.05, 3.63) is 90.0 Å². The molecule has 3 aromatic heterocycles. The normalized spacial score (nSPS) is 14.2. The molecule has 4 heterocycles. The summed E-state index contributed by atoms with van der Waals surface area (Å²) in [6.07, 6.45) is 8.09. The molecule has 8 heteroatoms. The molecule has 1 aliphatic heterocycles. The van der Waals surface area contributed by atoms with E-state index in [1.807, 2.05) is 59.9 Å². The summed E-state index contributed by atoms with van der Waals surface area (Å²) >= 11 is 0. The zero-order valence-corrected chi connectivity index (χ0v) is 19.5. The lowest BCUT2D eigenvalue weighted by atomic mass is 10.0. The molecule has 0 aliphatic carbocycles. The Morgan fingerprint density at radius 3 is 2.63 bits per heavy atom. The van der Waals surface area contributed by atoms with E-state index in [4.69, 9.17) is 0 Å². The fourth-order valence-corrected chi connectivity index (χ4v) is 4.40. The van der Waals surface area contributed by atoms with Crippen LogP contribution in [0.5, 0.6) is 0 Å². The van der Waals surface area contributed by atoms with Crippen LogP contribution in [0, 0.1) is 0 Å². The van der Waals surface area contributed by atoms with Crippen molar-refractivity contribution in [2.45, 2.75) is 6.42 Å². The number of piperazine rings is 1. The molecule has 0 radical (unpaired) electrons. The number of pyridine rings is 2. The Balaban J connectivity index is 1.15. The zero-order valence-electron chi connectivity index (χ0n) is 19.5. The lowest BCUT2D eigenvalue weighted by Crippen LogP contribution is -2.50. The Morgan fingerprint density at radius 1 is 0.971 bits per heavy atom. The third-order valence-electron chi connectivity index (χ3n) is 6.47. The van der Waals surface area contributed by atoms with Gasteiger partial charge in [-0.1, -0.05) is 12.1 Å². The molecule has 5 rings (SSSR count). The molecular formula is C27H28N6O2. The number of nitrogens with zero attached hydrogens (tertiary/aromatic N) is 4. The highest BCUT2D eigenvalue weighted by Crippen LogP contribution is 2.20. The van der Waals surface area contributed by atoms with Gasteiger partial charge in [0.2, 0.25) is 5.91 Å². The molecule has 4 aromatic rings. The number of amides is 1. The highest BCUT2D eigenvalue weighted by atomic mass is 16.2. The van der Waals surface area contributed by atoms with Crippen molar-refractivity contribution in [1.29, 1.82) is 0 Å². The van der Waals surface area contributed by atoms with Crippen molar-refractivity contribution in [3.8, 4) is 0 Å². The lowest BCUT2D eigenvalue weighted by Gasteiger charge is -2.34. The van der Waals surface area contributed by atoms with Crippen LogP contribution in [0.2, 0.25) is 0 Å². The van der Waals surface area contributed by atoms with Gasteiger partial charge in [-0.15, -0.1) is 0 Å². The number of carbonyl (C=O) groups is 2. The Bertz CT molecular complexity index is 1310. The molecule has 1 amide bonds. The molecule has 0 atom stereocenters. The van der Waals surface area contributed by atoms with Crippen LogP contribution in [0.25, 0.3) is 10.9 Å². The zero-order chi connectivity index (χ0) is 24.0. The van der Waals surface area contributed by atoms with Crippen LogP contribution in [0.3, 0.4) is 0 Å². The average Bonchev–Trinajstić information content (AvgIpc) is 3.39. The van der Waals surface area contributed by atoms with Gasteiger partial charge in [-0.05, 0) is 53.8 Å². The van der Waals surface area contributed by atoms with Crippen molar-refractivity contribution in [2.24, 2.45) is 0 Å². The summed E-state index contributed by atoms with van der Waals surface area (Å²) in [4.78, 5) is 41.8. The van der Waals surface area contributed by atoms with Crippen LogP contribution in [0.4, 0.5) is 5.82 Å². The molecule has 1 saturated heterocycles. The number of carbonyl (C=O) groups excluding carboxylic acids is 2. The van der Waals surface area contributed by atoms with Gasteiger partial charge < -0.3 is 15.2 Å². The third-order valence-corrected chi connectivity index (χ3v) is 6.47. The first kappa shape index (κ1) is 22.7. The number of rotatable bonds is 8. The molecule has 0 spiro atoms. The fourth-order valence-electron chi connectivity index (χ4n) is 4.40. The Labute approximate surface area is 204 Å². The second-order valence-electron chi connectivity index (χ2n) is 8.69. The summed E-state index contributed by atoms with van der Waals surface area (Å²) in [5, 5.41) is 4.15. The number of aromatic amines is 1. The first-order valence-electron chi connectivity index (χ1n) is 11.9. The molecule has 1 aliphatic rings. The number of H-pyrrole nitrogens is 1. The minimum absolute atomic E-state index is 0.00985. The van der Waals surface area contributed by atoms with E-state index >= 15 is 0 Å². The van der Waals surface area contributed by atoms with Crippen LogP contribution >= 0.6 is 0 Å². The Kier molecular flexibility index (Phi) is 6.81. The van der Waals surface area contributed by atoms with Gasteiger partial charge in [0.1, 0.15) is 5.82 Å². The van der Waals surface area contributed by atoms with E-state index in [9.17, 15) is 9.59 Å². The van der Waals surface area contributed by atoms with Crippen LogP contribution in [0.15, 0.2) is 73.3 Å². The Hall–Kier alpha value is -4.04. The number of benzene rings is 1. The minimum atomic E-state index is -0.132. The number of ketones is 1. The molecule has 0 saturated carbocycles. The van der Waals surface area contributed by atoms with Gasteiger partial charge in [-0.25, -0.2) is 4.98 Å². The smallest absolute Gasteiger partial charge is 0.242 e. The number of aromatic nitrogens is 3. The number of anilines is 1. The van der Waals surface area contributed by atoms with Crippen molar-refractivity contribution < 1.29 is 9.59 Å². The monoisotopic (exact) mass is 468 g/mol. The van der Waals surface area contributed by atoms with Gasteiger partial charge in [0, 0.05) is 68.6 Å². The summed E-state index contributed by atoms with van der Waals surface area (Å²) in [5.74, 6) is 0.302. The van der Waals surface area contributed by atoms with E-state index in [2.05, 4.69) is 25.2 Å². The number of nitrogens with one attached hydrogen (secondary N) is 2. The standard InChI is InChI=1S/C27H28N6O2/c34-25(33-16-14-32(15-17-33)13-8-20-5-10-28-11-6-20)19-31-27-23(2-1-9-30-27)26(35)22-4-3-21-7-12-29-24(21)18-22/h1-7,9-12,18,29H,8,13-17,19H2,(H,30,31). The summed E-state index contributed by atoms with van der Waals surface area (Å²) < 4.78 is 0. The van der Waals surface area contributed by atoms with E-state index in [1.54, 1.807) is 18.3 Å².